The largest absolute Gasteiger partial charge is 0.352 e. The Morgan fingerprint density at radius 3 is 2.92 bits per heavy atom. The first-order valence-corrected chi connectivity index (χ1v) is 8.91. The van der Waals surface area contributed by atoms with Crippen LogP contribution >= 0.6 is 0 Å². The summed E-state index contributed by atoms with van der Waals surface area (Å²) in [7, 11) is 0. The normalized spacial score (nSPS) is 17.2. The molecule has 0 aliphatic carbocycles. The molecule has 132 valence electrons. The maximum atomic E-state index is 12.1. The molecule has 3 heterocycles. The molecule has 6 heteroatoms. The van der Waals surface area contributed by atoms with Gasteiger partial charge in [0.15, 0.2) is 0 Å². The monoisotopic (exact) mass is 339 g/mol. The highest BCUT2D eigenvalue weighted by molar-refractivity contribution is 5.76. The number of carbonyl (C=O) groups excluding carboxylic acids is 1. The van der Waals surface area contributed by atoms with Crippen LogP contribution in [0.2, 0.25) is 0 Å². The predicted molar refractivity (Wildman–Crippen MR) is 96.0 cm³/mol. The van der Waals surface area contributed by atoms with Gasteiger partial charge in [-0.1, -0.05) is 0 Å². The van der Waals surface area contributed by atoms with Crippen LogP contribution in [-0.2, 0) is 17.8 Å². The molecule has 0 saturated carbocycles. The van der Waals surface area contributed by atoms with E-state index in [2.05, 4.69) is 20.6 Å². The van der Waals surface area contributed by atoms with E-state index in [4.69, 9.17) is 4.98 Å². The van der Waals surface area contributed by atoms with Crippen molar-refractivity contribution in [3.63, 3.8) is 0 Å². The third kappa shape index (κ3) is 5.32. The van der Waals surface area contributed by atoms with E-state index in [9.17, 15) is 4.79 Å². The van der Waals surface area contributed by atoms with Gasteiger partial charge in [0.25, 0.3) is 0 Å². The van der Waals surface area contributed by atoms with Crippen molar-refractivity contribution in [3.05, 3.63) is 53.4 Å². The van der Waals surface area contributed by atoms with Gasteiger partial charge in [-0.05, 0) is 56.5 Å². The maximum absolute atomic E-state index is 12.1. The average Bonchev–Trinajstić information content (AvgIpc) is 2.66. The van der Waals surface area contributed by atoms with E-state index < -0.39 is 0 Å². The first-order valence-electron chi connectivity index (χ1n) is 8.91. The number of carbonyl (C=O) groups is 1. The quantitative estimate of drug-likeness (QED) is 0.840. The molecule has 6 nitrogen and oxygen atoms in total. The molecule has 1 aliphatic rings. The van der Waals surface area contributed by atoms with Gasteiger partial charge in [0.1, 0.15) is 5.82 Å². The van der Waals surface area contributed by atoms with Gasteiger partial charge >= 0.3 is 0 Å². The Kier molecular flexibility index (Phi) is 6.06. The van der Waals surface area contributed by atoms with E-state index in [1.165, 1.54) is 0 Å². The Morgan fingerprint density at radius 1 is 1.32 bits per heavy atom. The molecular formula is C19H25N5O. The SMILES string of the molecule is Cc1cc(CCC(=O)NCc2ccncc2)nc(C2CCCNC2)n1. The van der Waals surface area contributed by atoms with Crippen LogP contribution in [0.15, 0.2) is 30.6 Å². The molecule has 1 atom stereocenters. The van der Waals surface area contributed by atoms with Crippen molar-refractivity contribution in [2.45, 2.75) is 45.1 Å². The number of amides is 1. The van der Waals surface area contributed by atoms with E-state index >= 15 is 0 Å². The summed E-state index contributed by atoms with van der Waals surface area (Å²) < 4.78 is 0. The molecule has 2 aromatic rings. The molecule has 2 aromatic heterocycles. The van der Waals surface area contributed by atoms with Crippen LogP contribution in [0.1, 0.15) is 48.0 Å². The lowest BCUT2D eigenvalue weighted by molar-refractivity contribution is -0.121. The number of hydrogen-bond acceptors (Lipinski definition) is 5. The van der Waals surface area contributed by atoms with Crippen molar-refractivity contribution in [1.82, 2.24) is 25.6 Å². The zero-order valence-electron chi connectivity index (χ0n) is 14.7. The molecule has 0 spiro atoms. The Hall–Kier alpha value is -2.34. The Bertz CT molecular complexity index is 698. The second-order valence-corrected chi connectivity index (χ2v) is 6.53. The van der Waals surface area contributed by atoms with Crippen molar-refractivity contribution in [1.29, 1.82) is 0 Å². The lowest BCUT2D eigenvalue weighted by atomic mass is 9.98. The van der Waals surface area contributed by atoms with Crippen molar-refractivity contribution in [3.8, 4) is 0 Å². The Labute approximate surface area is 148 Å². The molecule has 0 bridgehead atoms. The number of nitrogens with zero attached hydrogens (tertiary/aromatic N) is 3. The molecule has 0 aromatic carbocycles. The number of nitrogens with one attached hydrogen (secondary N) is 2. The van der Waals surface area contributed by atoms with Crippen LogP contribution in [0.3, 0.4) is 0 Å². The van der Waals surface area contributed by atoms with E-state index in [-0.39, 0.29) is 5.91 Å². The number of pyridine rings is 1. The molecule has 1 saturated heterocycles. The topological polar surface area (TPSA) is 79.8 Å². The smallest absolute Gasteiger partial charge is 0.220 e. The van der Waals surface area contributed by atoms with Crippen LogP contribution in [0.25, 0.3) is 0 Å². The first kappa shape index (κ1) is 17.5. The fourth-order valence-electron chi connectivity index (χ4n) is 3.07. The van der Waals surface area contributed by atoms with Gasteiger partial charge in [-0.15, -0.1) is 0 Å². The van der Waals surface area contributed by atoms with Gasteiger partial charge in [-0.3, -0.25) is 9.78 Å². The Morgan fingerprint density at radius 2 is 2.16 bits per heavy atom. The minimum atomic E-state index is 0.0361. The third-order valence-electron chi connectivity index (χ3n) is 4.43. The van der Waals surface area contributed by atoms with Gasteiger partial charge in [0.05, 0.1) is 0 Å². The second kappa shape index (κ2) is 8.67. The van der Waals surface area contributed by atoms with E-state index in [0.717, 1.165) is 48.7 Å². The van der Waals surface area contributed by atoms with E-state index in [1.807, 2.05) is 25.1 Å². The zero-order valence-corrected chi connectivity index (χ0v) is 14.7. The van der Waals surface area contributed by atoms with E-state index in [1.54, 1.807) is 12.4 Å². The van der Waals surface area contributed by atoms with Crippen molar-refractivity contribution in [2.24, 2.45) is 0 Å². The van der Waals surface area contributed by atoms with Crippen LogP contribution in [0.5, 0.6) is 0 Å². The van der Waals surface area contributed by atoms with Crippen LogP contribution in [0.4, 0.5) is 0 Å². The third-order valence-corrected chi connectivity index (χ3v) is 4.43. The summed E-state index contributed by atoms with van der Waals surface area (Å²) in [5.74, 6) is 1.33. The Balaban J connectivity index is 1.53. The predicted octanol–water partition coefficient (Wildman–Crippen LogP) is 1.90. The van der Waals surface area contributed by atoms with Crippen molar-refractivity contribution in [2.75, 3.05) is 13.1 Å². The fraction of sp³-hybridized carbons (Fsp3) is 0.474. The molecule has 1 fully saturated rings. The van der Waals surface area contributed by atoms with Gasteiger partial charge in [-0.2, -0.15) is 0 Å². The standard InChI is InChI=1S/C19H25N5O/c1-14-11-17(24-19(23-14)16-3-2-8-21-13-16)4-5-18(25)22-12-15-6-9-20-10-7-15/h6-7,9-11,16,21H,2-5,8,12-13H2,1H3,(H,22,25). The number of aromatic nitrogens is 3. The number of piperidine rings is 1. The minimum Gasteiger partial charge on any atom is -0.352 e. The number of hydrogen-bond donors (Lipinski definition) is 2. The lowest BCUT2D eigenvalue weighted by Gasteiger charge is -2.22. The molecule has 3 rings (SSSR count). The average molecular weight is 339 g/mol. The highest BCUT2D eigenvalue weighted by Crippen LogP contribution is 2.20. The molecule has 1 aliphatic heterocycles. The summed E-state index contributed by atoms with van der Waals surface area (Å²) in [4.78, 5) is 25.4. The summed E-state index contributed by atoms with van der Waals surface area (Å²) in [6.07, 6.45) is 6.82. The second-order valence-electron chi connectivity index (χ2n) is 6.53. The molecule has 2 N–H and O–H groups in total. The van der Waals surface area contributed by atoms with E-state index in [0.29, 0.717) is 25.3 Å². The first-order chi connectivity index (χ1) is 12.2. The van der Waals surface area contributed by atoms with Gasteiger partial charge in [0, 0.05) is 49.2 Å². The summed E-state index contributed by atoms with van der Waals surface area (Å²) in [6, 6.07) is 5.78. The molecular weight excluding hydrogens is 314 g/mol. The van der Waals surface area contributed by atoms with Crippen molar-refractivity contribution < 1.29 is 4.79 Å². The van der Waals surface area contributed by atoms with Gasteiger partial charge < -0.3 is 10.6 Å². The van der Waals surface area contributed by atoms with Gasteiger partial charge in [-0.25, -0.2) is 9.97 Å². The summed E-state index contributed by atoms with van der Waals surface area (Å²) in [5.41, 5.74) is 2.98. The molecule has 1 unspecified atom stereocenters. The van der Waals surface area contributed by atoms with Crippen molar-refractivity contribution >= 4 is 5.91 Å². The zero-order chi connectivity index (χ0) is 17.5. The van der Waals surface area contributed by atoms with Crippen LogP contribution in [-0.4, -0.2) is 33.9 Å². The number of aryl methyl sites for hydroxylation is 2. The highest BCUT2D eigenvalue weighted by Gasteiger charge is 2.18. The molecule has 1 amide bonds. The molecule has 25 heavy (non-hydrogen) atoms. The summed E-state index contributed by atoms with van der Waals surface area (Å²) in [5, 5.41) is 6.35. The summed E-state index contributed by atoms with van der Waals surface area (Å²) >= 11 is 0. The molecule has 0 radical (unpaired) electrons. The fourth-order valence-corrected chi connectivity index (χ4v) is 3.07. The van der Waals surface area contributed by atoms with Crippen LogP contribution < -0.4 is 10.6 Å². The highest BCUT2D eigenvalue weighted by atomic mass is 16.1. The maximum Gasteiger partial charge on any atom is 0.220 e. The number of rotatable bonds is 6. The van der Waals surface area contributed by atoms with Gasteiger partial charge in [0.2, 0.25) is 5.91 Å². The minimum absolute atomic E-state index is 0.0361. The van der Waals surface area contributed by atoms with Crippen LogP contribution in [0, 0.1) is 6.92 Å². The lowest BCUT2D eigenvalue weighted by Crippen LogP contribution is -2.29. The summed E-state index contributed by atoms with van der Waals surface area (Å²) in [6.45, 7) is 4.54.